The first kappa shape index (κ1) is 25.0. The molecule has 3 aliphatic rings. The third kappa shape index (κ3) is 4.30. The van der Waals surface area contributed by atoms with E-state index in [9.17, 15) is 0 Å². The van der Waals surface area contributed by atoms with Gasteiger partial charge in [0.1, 0.15) is 5.84 Å². The minimum atomic E-state index is -2.60. The topological polar surface area (TPSA) is 58.3 Å². The van der Waals surface area contributed by atoms with Crippen LogP contribution >= 0.6 is 23.3 Å². The third-order valence-corrected chi connectivity index (χ3v) is 12.0. The van der Waals surface area contributed by atoms with Gasteiger partial charge in [-0.25, -0.2) is 19.1 Å². The van der Waals surface area contributed by atoms with Crippen LogP contribution in [-0.4, -0.2) is 57.3 Å². The van der Waals surface area contributed by atoms with Crippen LogP contribution in [0.25, 0.3) is 5.69 Å². The maximum Gasteiger partial charge on any atom is 0.170 e. The number of hydrogen-bond acceptors (Lipinski definition) is 4. The molecule has 1 aromatic heterocycles. The number of aliphatic imine (C=N–C) groups is 1. The monoisotopic (exact) mass is 600 g/mol. The molecule has 198 valence electrons. The van der Waals surface area contributed by atoms with Gasteiger partial charge in [-0.1, -0.05) is 60.7 Å². The number of hydrogen-bond donors (Lipinski definition) is 0. The van der Waals surface area contributed by atoms with Crippen molar-refractivity contribution in [1.29, 1.82) is 0 Å². The number of rotatable bonds is 5. The van der Waals surface area contributed by atoms with E-state index in [1.54, 1.807) is 0 Å². The van der Waals surface area contributed by atoms with Crippen LogP contribution in [0, 0.1) is 6.92 Å². The Kier molecular flexibility index (Phi) is 6.52. The Morgan fingerprint density at radius 3 is 2.26 bits per heavy atom. The molecule has 0 spiro atoms. The highest BCUT2D eigenvalue weighted by atomic mass is 79.9. The number of fused-ring (bicyclic) bond motifs is 1. The highest BCUT2D eigenvalue weighted by molar-refractivity contribution is 9.10. The Balaban J connectivity index is 1.61. The fraction of sp³-hybridized carbons (Fsp3) is 0.267. The van der Waals surface area contributed by atoms with E-state index in [0.29, 0.717) is 19.3 Å². The molecule has 0 N–H and O–H groups in total. The molecule has 39 heavy (non-hydrogen) atoms. The smallest absolute Gasteiger partial charge is 0.170 e. The predicted molar refractivity (Wildman–Crippen MR) is 161 cm³/mol. The van der Waals surface area contributed by atoms with Crippen molar-refractivity contribution in [1.82, 2.24) is 19.1 Å². The van der Waals surface area contributed by atoms with Crippen molar-refractivity contribution in [2.24, 2.45) is 9.74 Å². The van der Waals surface area contributed by atoms with Gasteiger partial charge >= 0.3 is 0 Å². The van der Waals surface area contributed by atoms with E-state index in [1.807, 2.05) is 16.8 Å². The Morgan fingerprint density at radius 1 is 0.897 bits per heavy atom. The van der Waals surface area contributed by atoms with E-state index in [2.05, 4.69) is 105 Å². The summed E-state index contributed by atoms with van der Waals surface area (Å²) in [4.78, 5) is 5.45. The average Bonchev–Trinajstić information content (AvgIpc) is 3.77. The number of nitrogens with zero attached hydrogens (tertiary/aromatic N) is 6. The van der Waals surface area contributed by atoms with Crippen molar-refractivity contribution in [2.45, 2.75) is 25.8 Å². The number of para-hydroxylation sites is 1. The zero-order valence-corrected chi connectivity index (χ0v) is 24.3. The van der Waals surface area contributed by atoms with Gasteiger partial charge in [-0.05, 0) is 60.0 Å². The summed E-state index contributed by atoms with van der Waals surface area (Å²) >= 11 is 3.82. The van der Waals surface area contributed by atoms with Crippen molar-refractivity contribution in [2.75, 3.05) is 26.3 Å². The first-order chi connectivity index (χ1) is 19.2. The summed E-state index contributed by atoms with van der Waals surface area (Å²) in [5, 5.41) is 6.29. The number of morpholine rings is 1. The summed E-state index contributed by atoms with van der Waals surface area (Å²) in [5.74, 6) is 1.86. The van der Waals surface area contributed by atoms with Crippen molar-refractivity contribution < 1.29 is 4.74 Å². The van der Waals surface area contributed by atoms with E-state index in [-0.39, 0.29) is 0 Å². The second kappa shape index (κ2) is 10.2. The molecule has 0 bridgehead atoms. The Bertz CT molecular complexity index is 1590. The highest BCUT2D eigenvalue weighted by Crippen LogP contribution is 2.65. The van der Waals surface area contributed by atoms with Crippen LogP contribution in [0.4, 0.5) is 11.5 Å². The summed E-state index contributed by atoms with van der Waals surface area (Å²) in [6.07, 6.45) is 2.26. The van der Waals surface area contributed by atoms with Gasteiger partial charge in [0.25, 0.3) is 0 Å². The normalized spacial score (nSPS) is 21.4. The van der Waals surface area contributed by atoms with E-state index < -0.39 is 7.36 Å². The van der Waals surface area contributed by atoms with Crippen LogP contribution in [0.15, 0.2) is 99.1 Å². The van der Waals surface area contributed by atoms with Crippen LogP contribution in [0.3, 0.4) is 0 Å². The van der Waals surface area contributed by atoms with Gasteiger partial charge in [-0.15, -0.1) is 0 Å². The molecule has 2 aliphatic heterocycles. The Labute approximate surface area is 237 Å². The largest absolute Gasteiger partial charge is 0.379 e. The lowest BCUT2D eigenvalue weighted by Crippen LogP contribution is -2.47. The number of amidine groups is 1. The molecular formula is C30H30BrN6OP. The van der Waals surface area contributed by atoms with Crippen LogP contribution in [0.2, 0.25) is 0 Å². The lowest BCUT2D eigenvalue weighted by atomic mass is 10.2. The molecule has 9 heteroatoms. The van der Waals surface area contributed by atoms with Gasteiger partial charge in [0.05, 0.1) is 35.6 Å². The second-order valence-electron chi connectivity index (χ2n) is 10.1. The molecule has 1 saturated heterocycles. The standard InChI is InChI=1S/C30H30BrN6OP/c1-22-28-30(36(33-22)24-12-6-3-7-13-24)32-29(23-10-4-2-5-11-23)37(25-16-17-25)39(28,35-18-20-38-21-19-35)34-27-15-9-8-14-26(27)31/h2-15,25H,16-21H2,1H3/t39-/m1/s1. The van der Waals surface area contributed by atoms with Gasteiger partial charge in [-0.2, -0.15) is 5.10 Å². The van der Waals surface area contributed by atoms with Gasteiger partial charge < -0.3 is 9.41 Å². The van der Waals surface area contributed by atoms with Crippen LogP contribution in [-0.2, 0) is 4.74 Å². The molecule has 4 aromatic rings. The zero-order chi connectivity index (χ0) is 26.4. The Hall–Kier alpha value is -3.03. The Morgan fingerprint density at radius 2 is 1.56 bits per heavy atom. The van der Waals surface area contributed by atoms with Crippen LogP contribution < -0.4 is 5.30 Å². The summed E-state index contributed by atoms with van der Waals surface area (Å²) in [6, 6.07) is 29.6. The SMILES string of the molecule is Cc1nn(-c2ccccc2)c2c1[P@@](=Nc1ccccc1Br)(N1CCOCC1)N(C1CC1)C(c1ccccc1)=N2. The molecule has 3 heterocycles. The molecule has 2 fully saturated rings. The molecule has 0 radical (unpaired) electrons. The molecule has 7 rings (SSSR count). The maximum absolute atomic E-state index is 5.88. The van der Waals surface area contributed by atoms with Gasteiger partial charge in [0.15, 0.2) is 13.2 Å². The number of benzene rings is 3. The quantitative estimate of drug-likeness (QED) is 0.236. The van der Waals surface area contributed by atoms with E-state index in [0.717, 1.165) is 70.0 Å². The lowest BCUT2D eigenvalue weighted by Gasteiger charge is -2.48. The van der Waals surface area contributed by atoms with Crippen LogP contribution in [0.5, 0.6) is 0 Å². The highest BCUT2D eigenvalue weighted by Gasteiger charge is 2.51. The molecule has 1 atom stereocenters. The molecule has 1 saturated carbocycles. The molecule has 7 nitrogen and oxygen atoms in total. The minimum absolute atomic E-state index is 0.374. The third-order valence-electron chi connectivity index (χ3n) is 7.44. The van der Waals surface area contributed by atoms with E-state index in [1.165, 1.54) is 0 Å². The van der Waals surface area contributed by atoms with Gasteiger partial charge in [0.2, 0.25) is 0 Å². The number of aryl methyl sites for hydroxylation is 1. The summed E-state index contributed by atoms with van der Waals surface area (Å²) in [5.41, 5.74) is 4.04. The van der Waals surface area contributed by atoms with Crippen molar-refractivity contribution in [3.05, 3.63) is 101 Å². The van der Waals surface area contributed by atoms with E-state index >= 15 is 0 Å². The molecule has 3 aromatic carbocycles. The lowest BCUT2D eigenvalue weighted by molar-refractivity contribution is 0.0729. The van der Waals surface area contributed by atoms with Crippen molar-refractivity contribution in [3.8, 4) is 5.69 Å². The maximum atomic E-state index is 5.88. The number of aromatic nitrogens is 2. The fourth-order valence-corrected chi connectivity index (χ4v) is 10.4. The summed E-state index contributed by atoms with van der Waals surface area (Å²) in [6.45, 7) is 5.11. The molecular weight excluding hydrogens is 571 g/mol. The molecule has 1 aliphatic carbocycles. The van der Waals surface area contributed by atoms with Crippen LogP contribution in [0.1, 0.15) is 24.1 Å². The minimum Gasteiger partial charge on any atom is -0.379 e. The predicted octanol–water partition coefficient (Wildman–Crippen LogP) is 6.82. The fourth-order valence-electron chi connectivity index (χ4n) is 5.56. The average molecular weight is 601 g/mol. The summed E-state index contributed by atoms with van der Waals surface area (Å²) < 4.78 is 19.9. The molecule has 0 unspecified atom stereocenters. The van der Waals surface area contributed by atoms with Gasteiger partial charge in [0, 0.05) is 29.2 Å². The second-order valence-corrected chi connectivity index (χ2v) is 13.7. The first-order valence-electron chi connectivity index (χ1n) is 13.5. The zero-order valence-electron chi connectivity index (χ0n) is 21.8. The van der Waals surface area contributed by atoms with Crippen molar-refractivity contribution in [3.63, 3.8) is 0 Å². The molecule has 0 amide bonds. The number of halogens is 1. The summed E-state index contributed by atoms with van der Waals surface area (Å²) in [7, 11) is -2.60. The van der Waals surface area contributed by atoms with Crippen molar-refractivity contribution >= 4 is 45.9 Å². The first-order valence-corrected chi connectivity index (χ1v) is 15.9. The van der Waals surface area contributed by atoms with E-state index in [4.69, 9.17) is 19.6 Å². The van der Waals surface area contributed by atoms with Gasteiger partial charge in [-0.3, -0.25) is 0 Å². The number of ether oxygens (including phenoxy) is 1.